The van der Waals surface area contributed by atoms with Gasteiger partial charge >= 0.3 is 0 Å². The zero-order chi connectivity index (χ0) is 19.7. The Hall–Kier alpha value is -2.31. The minimum absolute atomic E-state index is 0.0325. The molecule has 0 spiro atoms. The summed E-state index contributed by atoms with van der Waals surface area (Å²) in [5, 5.41) is 11.7. The number of aryl methyl sites for hydroxylation is 2. The second kappa shape index (κ2) is 7.60. The average Bonchev–Trinajstić information content (AvgIpc) is 3.23. The molecule has 2 aromatic rings. The standard InChI is InChI=1S/C22H28N4O2/c1-16-20(17(2)24-15-23-16)21(27)26-13-10-22(28,18-8-4-3-5-9-18)19(14-26)25-11-6-7-12-25/h3-5,8-9,15,19,28H,6-7,10-14H2,1-2H3/t19-,22+/m1/s1. The summed E-state index contributed by atoms with van der Waals surface area (Å²) in [5.41, 5.74) is 2.00. The first-order valence-corrected chi connectivity index (χ1v) is 10.1. The Balaban J connectivity index is 1.65. The molecular weight excluding hydrogens is 352 g/mol. The third kappa shape index (κ3) is 3.31. The Morgan fingerprint density at radius 1 is 1.07 bits per heavy atom. The van der Waals surface area contributed by atoms with Crippen molar-refractivity contribution in [2.45, 2.75) is 44.8 Å². The summed E-state index contributed by atoms with van der Waals surface area (Å²) in [5.74, 6) is -0.0325. The fraction of sp³-hybridized carbons (Fsp3) is 0.500. The lowest BCUT2D eigenvalue weighted by molar-refractivity contribution is -0.0878. The van der Waals surface area contributed by atoms with E-state index in [1.165, 1.54) is 6.33 Å². The fourth-order valence-corrected chi connectivity index (χ4v) is 4.70. The number of benzene rings is 1. The Bertz CT molecular complexity index is 831. The lowest BCUT2D eigenvalue weighted by Gasteiger charge is -2.48. The number of aromatic nitrogens is 2. The molecule has 6 heteroatoms. The Kier molecular flexibility index (Phi) is 5.17. The van der Waals surface area contributed by atoms with Gasteiger partial charge in [-0.3, -0.25) is 9.69 Å². The van der Waals surface area contributed by atoms with Gasteiger partial charge in [-0.05, 0) is 51.8 Å². The highest BCUT2D eigenvalue weighted by Gasteiger charge is 2.47. The molecule has 0 bridgehead atoms. The van der Waals surface area contributed by atoms with Crippen LogP contribution in [0.3, 0.4) is 0 Å². The minimum Gasteiger partial charge on any atom is -0.383 e. The van der Waals surface area contributed by atoms with Crippen LogP contribution in [-0.2, 0) is 5.60 Å². The van der Waals surface area contributed by atoms with Gasteiger partial charge in [0.15, 0.2) is 0 Å². The van der Waals surface area contributed by atoms with Crippen LogP contribution in [0.2, 0.25) is 0 Å². The third-order valence-electron chi connectivity index (χ3n) is 6.29. The molecule has 2 atom stereocenters. The first-order chi connectivity index (χ1) is 13.5. The molecule has 1 N–H and O–H groups in total. The highest BCUT2D eigenvalue weighted by molar-refractivity contribution is 5.96. The molecule has 1 aromatic carbocycles. The molecule has 4 rings (SSSR count). The number of piperidine rings is 1. The van der Waals surface area contributed by atoms with Gasteiger partial charge in [-0.15, -0.1) is 0 Å². The van der Waals surface area contributed by atoms with Gasteiger partial charge in [-0.2, -0.15) is 0 Å². The average molecular weight is 380 g/mol. The van der Waals surface area contributed by atoms with Gasteiger partial charge in [0.1, 0.15) is 11.9 Å². The molecule has 0 aliphatic carbocycles. The van der Waals surface area contributed by atoms with E-state index in [0.717, 1.165) is 31.5 Å². The van der Waals surface area contributed by atoms with Crippen molar-refractivity contribution in [3.8, 4) is 0 Å². The Labute approximate surface area is 166 Å². The lowest BCUT2D eigenvalue weighted by Crippen LogP contribution is -2.61. The highest BCUT2D eigenvalue weighted by atomic mass is 16.3. The van der Waals surface area contributed by atoms with E-state index >= 15 is 0 Å². The maximum Gasteiger partial charge on any atom is 0.257 e. The summed E-state index contributed by atoms with van der Waals surface area (Å²) in [6.07, 6.45) is 4.30. The first-order valence-electron chi connectivity index (χ1n) is 10.1. The monoisotopic (exact) mass is 380 g/mol. The summed E-state index contributed by atoms with van der Waals surface area (Å²) in [4.78, 5) is 25.9. The number of hydrogen-bond donors (Lipinski definition) is 1. The fourth-order valence-electron chi connectivity index (χ4n) is 4.70. The van der Waals surface area contributed by atoms with Crippen molar-refractivity contribution in [3.63, 3.8) is 0 Å². The lowest BCUT2D eigenvalue weighted by atomic mass is 9.79. The van der Waals surface area contributed by atoms with E-state index in [9.17, 15) is 9.90 Å². The molecule has 0 unspecified atom stereocenters. The second-order valence-electron chi connectivity index (χ2n) is 7.97. The molecule has 0 saturated carbocycles. The number of rotatable bonds is 3. The summed E-state index contributed by atoms with van der Waals surface area (Å²) in [6, 6.07) is 9.80. The van der Waals surface area contributed by atoms with Gasteiger partial charge in [0.25, 0.3) is 5.91 Å². The molecule has 3 heterocycles. The van der Waals surface area contributed by atoms with Crippen molar-refractivity contribution in [1.82, 2.24) is 19.8 Å². The van der Waals surface area contributed by atoms with Crippen LogP contribution < -0.4 is 0 Å². The molecule has 2 fully saturated rings. The molecule has 6 nitrogen and oxygen atoms in total. The normalized spacial score (nSPS) is 25.8. The number of hydrogen-bond acceptors (Lipinski definition) is 5. The zero-order valence-corrected chi connectivity index (χ0v) is 16.6. The van der Waals surface area contributed by atoms with E-state index in [-0.39, 0.29) is 11.9 Å². The molecule has 2 aliphatic heterocycles. The molecule has 1 amide bonds. The molecule has 2 aliphatic rings. The maximum absolute atomic E-state index is 13.3. The van der Waals surface area contributed by atoms with Crippen LogP contribution in [0.4, 0.5) is 0 Å². The number of aliphatic hydroxyl groups is 1. The quantitative estimate of drug-likeness (QED) is 0.885. The third-order valence-corrected chi connectivity index (χ3v) is 6.29. The van der Waals surface area contributed by atoms with Crippen LogP contribution in [0, 0.1) is 13.8 Å². The van der Waals surface area contributed by atoms with E-state index < -0.39 is 5.60 Å². The summed E-state index contributed by atoms with van der Waals surface area (Å²) in [7, 11) is 0. The van der Waals surface area contributed by atoms with E-state index in [1.54, 1.807) is 0 Å². The molecule has 1 aromatic heterocycles. The van der Waals surface area contributed by atoms with E-state index in [0.29, 0.717) is 36.5 Å². The predicted molar refractivity (Wildman–Crippen MR) is 107 cm³/mol. The predicted octanol–water partition coefficient (Wildman–Crippen LogP) is 2.29. The van der Waals surface area contributed by atoms with Gasteiger partial charge in [0, 0.05) is 13.1 Å². The van der Waals surface area contributed by atoms with Crippen LogP contribution in [0.15, 0.2) is 36.7 Å². The van der Waals surface area contributed by atoms with E-state index in [4.69, 9.17) is 0 Å². The summed E-state index contributed by atoms with van der Waals surface area (Å²) >= 11 is 0. The van der Waals surface area contributed by atoms with Crippen molar-refractivity contribution >= 4 is 5.91 Å². The Morgan fingerprint density at radius 3 is 2.36 bits per heavy atom. The van der Waals surface area contributed by atoms with Gasteiger partial charge in [0.2, 0.25) is 0 Å². The number of nitrogens with zero attached hydrogens (tertiary/aromatic N) is 4. The van der Waals surface area contributed by atoms with Crippen LogP contribution >= 0.6 is 0 Å². The number of carbonyl (C=O) groups excluding carboxylic acids is 1. The van der Waals surface area contributed by atoms with Gasteiger partial charge in [-0.25, -0.2) is 9.97 Å². The largest absolute Gasteiger partial charge is 0.383 e. The van der Waals surface area contributed by atoms with Gasteiger partial charge < -0.3 is 10.0 Å². The van der Waals surface area contributed by atoms with Crippen molar-refractivity contribution in [2.24, 2.45) is 0 Å². The van der Waals surface area contributed by atoms with Crippen molar-refractivity contribution in [3.05, 3.63) is 59.2 Å². The minimum atomic E-state index is -0.945. The summed E-state index contributed by atoms with van der Waals surface area (Å²) in [6.45, 7) is 6.66. The highest BCUT2D eigenvalue weighted by Crippen LogP contribution is 2.37. The molecular formula is C22H28N4O2. The number of likely N-dealkylation sites (tertiary alicyclic amines) is 2. The first kappa shape index (κ1) is 19.0. The SMILES string of the molecule is Cc1ncnc(C)c1C(=O)N1CC[C@](O)(c2ccccc2)[C@H](N2CCCC2)C1. The van der Waals surface area contributed by atoms with Crippen molar-refractivity contribution in [1.29, 1.82) is 0 Å². The maximum atomic E-state index is 13.3. The summed E-state index contributed by atoms with van der Waals surface area (Å²) < 4.78 is 0. The number of carbonyl (C=O) groups is 1. The van der Waals surface area contributed by atoms with Crippen molar-refractivity contribution in [2.75, 3.05) is 26.2 Å². The Morgan fingerprint density at radius 2 is 1.71 bits per heavy atom. The van der Waals surface area contributed by atoms with Crippen LogP contribution in [0.25, 0.3) is 0 Å². The molecule has 148 valence electrons. The van der Waals surface area contributed by atoms with Gasteiger partial charge in [-0.1, -0.05) is 30.3 Å². The van der Waals surface area contributed by atoms with Gasteiger partial charge in [0.05, 0.1) is 23.0 Å². The van der Waals surface area contributed by atoms with Crippen LogP contribution in [0.1, 0.15) is 46.6 Å². The second-order valence-corrected chi connectivity index (χ2v) is 7.97. The molecule has 0 radical (unpaired) electrons. The zero-order valence-electron chi connectivity index (χ0n) is 16.6. The smallest absolute Gasteiger partial charge is 0.257 e. The van der Waals surface area contributed by atoms with Crippen LogP contribution in [-0.4, -0.2) is 63.0 Å². The van der Waals surface area contributed by atoms with Crippen LogP contribution in [0.5, 0.6) is 0 Å². The van der Waals surface area contributed by atoms with E-state index in [2.05, 4.69) is 14.9 Å². The molecule has 28 heavy (non-hydrogen) atoms. The number of amides is 1. The van der Waals surface area contributed by atoms with Crippen molar-refractivity contribution < 1.29 is 9.90 Å². The topological polar surface area (TPSA) is 69.6 Å². The molecule has 2 saturated heterocycles. The van der Waals surface area contributed by atoms with E-state index in [1.807, 2.05) is 49.1 Å².